The van der Waals surface area contributed by atoms with Crippen LogP contribution in [0, 0.1) is 5.82 Å². The highest BCUT2D eigenvalue weighted by atomic mass is 19.1. The molecule has 0 spiro atoms. The Morgan fingerprint density at radius 3 is 2.61 bits per heavy atom. The molecule has 0 saturated carbocycles. The summed E-state index contributed by atoms with van der Waals surface area (Å²) in [7, 11) is 1.48. The number of ether oxygens (including phenoxy) is 1. The van der Waals surface area contributed by atoms with Crippen LogP contribution in [-0.2, 0) is 4.79 Å². The Morgan fingerprint density at radius 1 is 1.12 bits per heavy atom. The summed E-state index contributed by atoms with van der Waals surface area (Å²) < 4.78 is 24.7. The van der Waals surface area contributed by atoms with Crippen molar-refractivity contribution >= 4 is 28.5 Å². The predicted octanol–water partition coefficient (Wildman–Crippen LogP) is 4.76. The number of carbonyl (C=O) groups is 2. The molecule has 3 heterocycles. The summed E-state index contributed by atoms with van der Waals surface area (Å²) in [5.74, 6) is -2.05. The molecule has 2 aromatic carbocycles. The number of halogens is 1. The van der Waals surface area contributed by atoms with Crippen LogP contribution in [0.5, 0.6) is 5.75 Å². The first-order chi connectivity index (χ1) is 16.0. The number of furan rings is 1. The lowest BCUT2D eigenvalue weighted by Crippen LogP contribution is -2.31. The third-order valence-electron chi connectivity index (χ3n) is 5.49. The molecule has 0 bridgehead atoms. The number of benzene rings is 2. The molecule has 164 valence electrons. The van der Waals surface area contributed by atoms with Crippen LogP contribution in [-0.4, -0.2) is 28.9 Å². The van der Waals surface area contributed by atoms with Gasteiger partial charge in [0.1, 0.15) is 11.6 Å². The van der Waals surface area contributed by atoms with E-state index in [1.807, 2.05) is 0 Å². The van der Waals surface area contributed by atoms with Crippen LogP contribution in [0.15, 0.2) is 88.7 Å². The van der Waals surface area contributed by atoms with E-state index in [9.17, 15) is 19.1 Å². The molecule has 4 aromatic rings. The van der Waals surface area contributed by atoms with E-state index in [1.54, 1.807) is 36.4 Å². The molecule has 0 fully saturated rings. The topological polar surface area (TPSA) is 92.9 Å². The van der Waals surface area contributed by atoms with Crippen LogP contribution < -0.4 is 9.64 Å². The minimum absolute atomic E-state index is 0.0705. The van der Waals surface area contributed by atoms with Crippen molar-refractivity contribution in [2.75, 3.05) is 12.0 Å². The Morgan fingerprint density at radius 2 is 1.91 bits per heavy atom. The number of aliphatic hydroxyl groups excluding tert-OH is 1. The van der Waals surface area contributed by atoms with Gasteiger partial charge in [0, 0.05) is 11.6 Å². The molecule has 1 amide bonds. The molecule has 1 N–H and O–H groups in total. The number of nitrogens with zero attached hydrogens (tertiary/aromatic N) is 2. The number of aromatic nitrogens is 1. The number of para-hydroxylation sites is 1. The SMILES string of the molecule is COc1cccc2cc(C(=O)C3=C(O)C(=O)N(c4ccccn4)C3c3ccc(F)cc3)oc12. The average Bonchev–Trinajstić information content (AvgIpc) is 3.39. The summed E-state index contributed by atoms with van der Waals surface area (Å²) >= 11 is 0. The number of amides is 1. The molecule has 33 heavy (non-hydrogen) atoms. The fourth-order valence-corrected chi connectivity index (χ4v) is 3.97. The number of hydrogen-bond donors (Lipinski definition) is 1. The fraction of sp³-hybridized carbons (Fsp3) is 0.0800. The van der Waals surface area contributed by atoms with Crippen molar-refractivity contribution in [2.24, 2.45) is 0 Å². The van der Waals surface area contributed by atoms with Crippen LogP contribution in [0.2, 0.25) is 0 Å². The van der Waals surface area contributed by atoms with Gasteiger partial charge in [0.25, 0.3) is 5.91 Å². The minimum atomic E-state index is -1.03. The van der Waals surface area contributed by atoms with Crippen LogP contribution in [0.4, 0.5) is 10.2 Å². The molecule has 0 saturated heterocycles. The van der Waals surface area contributed by atoms with Crippen LogP contribution in [0.25, 0.3) is 11.0 Å². The number of hydrogen-bond acceptors (Lipinski definition) is 6. The van der Waals surface area contributed by atoms with Crippen molar-refractivity contribution in [3.8, 4) is 5.75 Å². The summed E-state index contributed by atoms with van der Waals surface area (Å²) in [6, 6.07) is 16.0. The zero-order valence-corrected chi connectivity index (χ0v) is 17.4. The van der Waals surface area contributed by atoms with Crippen LogP contribution >= 0.6 is 0 Å². The lowest BCUT2D eigenvalue weighted by Gasteiger charge is -2.25. The first-order valence-corrected chi connectivity index (χ1v) is 10.0. The lowest BCUT2D eigenvalue weighted by molar-refractivity contribution is -0.117. The number of anilines is 1. The van der Waals surface area contributed by atoms with Crippen molar-refractivity contribution in [1.29, 1.82) is 0 Å². The van der Waals surface area contributed by atoms with Gasteiger partial charge >= 0.3 is 0 Å². The number of ketones is 1. The molecule has 0 radical (unpaired) electrons. The Hall–Kier alpha value is -4.46. The van der Waals surface area contributed by atoms with Gasteiger partial charge in [-0.25, -0.2) is 9.37 Å². The predicted molar refractivity (Wildman–Crippen MR) is 118 cm³/mol. The van der Waals surface area contributed by atoms with Gasteiger partial charge in [-0.1, -0.05) is 30.3 Å². The third-order valence-corrected chi connectivity index (χ3v) is 5.49. The van der Waals surface area contributed by atoms with Crippen LogP contribution in [0.3, 0.4) is 0 Å². The Bertz CT molecular complexity index is 1410. The van der Waals surface area contributed by atoms with Crippen molar-refractivity contribution < 1.29 is 28.2 Å². The first kappa shape index (κ1) is 20.4. The van der Waals surface area contributed by atoms with Gasteiger partial charge in [-0.2, -0.15) is 0 Å². The summed E-state index contributed by atoms with van der Waals surface area (Å²) in [6.45, 7) is 0. The largest absolute Gasteiger partial charge is 0.503 e. The highest BCUT2D eigenvalue weighted by Gasteiger charge is 2.46. The maximum absolute atomic E-state index is 13.6. The minimum Gasteiger partial charge on any atom is -0.503 e. The summed E-state index contributed by atoms with van der Waals surface area (Å²) in [5, 5.41) is 11.4. The van der Waals surface area contributed by atoms with Gasteiger partial charge in [0.05, 0.1) is 18.7 Å². The average molecular weight is 444 g/mol. The molecule has 2 aromatic heterocycles. The number of methoxy groups -OCH3 is 1. The van der Waals surface area contributed by atoms with Gasteiger partial charge in [0.15, 0.2) is 22.9 Å². The maximum Gasteiger partial charge on any atom is 0.295 e. The monoisotopic (exact) mass is 444 g/mol. The highest BCUT2D eigenvalue weighted by molar-refractivity contribution is 6.20. The van der Waals surface area contributed by atoms with Gasteiger partial charge in [0.2, 0.25) is 5.78 Å². The quantitative estimate of drug-likeness (QED) is 0.446. The van der Waals surface area contributed by atoms with Crippen molar-refractivity contribution in [3.05, 3.63) is 101 Å². The molecule has 0 aliphatic carbocycles. The molecule has 7 nitrogen and oxygen atoms in total. The van der Waals surface area contributed by atoms with E-state index in [2.05, 4.69) is 4.98 Å². The second kappa shape index (κ2) is 7.90. The van der Waals surface area contributed by atoms with Gasteiger partial charge in [-0.3, -0.25) is 14.5 Å². The fourth-order valence-electron chi connectivity index (χ4n) is 3.97. The van der Waals surface area contributed by atoms with E-state index in [0.29, 0.717) is 22.3 Å². The number of fused-ring (bicyclic) bond motifs is 1. The maximum atomic E-state index is 13.6. The molecule has 1 unspecified atom stereocenters. The third kappa shape index (κ3) is 3.32. The second-order valence-corrected chi connectivity index (χ2v) is 7.40. The van der Waals surface area contributed by atoms with E-state index < -0.39 is 29.3 Å². The summed E-state index contributed by atoms with van der Waals surface area (Å²) in [4.78, 5) is 32.1. The van der Waals surface area contributed by atoms with Crippen LogP contribution in [0.1, 0.15) is 22.2 Å². The van der Waals surface area contributed by atoms with Gasteiger partial charge < -0.3 is 14.3 Å². The zero-order valence-electron chi connectivity index (χ0n) is 17.4. The standard InChI is InChI=1S/C25H17FN2O5/c1-32-17-6-4-5-15-13-18(33-24(15)17)22(29)20-21(14-8-10-16(26)11-9-14)28(25(31)23(20)30)19-7-2-3-12-27-19/h2-13,21,30H,1H3. The lowest BCUT2D eigenvalue weighted by atomic mass is 9.95. The number of carbonyl (C=O) groups excluding carboxylic acids is 2. The Labute approximate surface area is 187 Å². The molecule has 8 heteroatoms. The van der Waals surface area contributed by atoms with E-state index in [0.717, 1.165) is 0 Å². The van der Waals surface area contributed by atoms with Gasteiger partial charge in [-0.05, 0) is 42.0 Å². The molecule has 1 atom stereocenters. The summed E-state index contributed by atoms with van der Waals surface area (Å²) in [6.07, 6.45) is 1.49. The van der Waals surface area contributed by atoms with E-state index in [4.69, 9.17) is 9.15 Å². The number of pyridine rings is 1. The van der Waals surface area contributed by atoms with E-state index in [-0.39, 0.29) is 17.2 Å². The first-order valence-electron chi connectivity index (χ1n) is 10.0. The Balaban J connectivity index is 1.66. The number of rotatable bonds is 5. The van der Waals surface area contributed by atoms with E-state index in [1.165, 1.54) is 48.5 Å². The number of Topliss-reactive ketones (excluding diaryl/α,β-unsaturated/α-hetero) is 1. The normalized spacial score (nSPS) is 16.0. The smallest absolute Gasteiger partial charge is 0.295 e. The molecular weight excluding hydrogens is 427 g/mol. The second-order valence-electron chi connectivity index (χ2n) is 7.40. The van der Waals surface area contributed by atoms with Crippen molar-refractivity contribution in [1.82, 2.24) is 4.98 Å². The van der Waals surface area contributed by atoms with Gasteiger partial charge in [-0.15, -0.1) is 0 Å². The van der Waals surface area contributed by atoms with Crippen molar-refractivity contribution in [3.63, 3.8) is 0 Å². The zero-order chi connectivity index (χ0) is 23.1. The Kier molecular flexibility index (Phi) is 4.90. The molecule has 1 aliphatic rings. The molecular formula is C25H17FN2O5. The van der Waals surface area contributed by atoms with E-state index >= 15 is 0 Å². The van der Waals surface area contributed by atoms with Crippen molar-refractivity contribution in [2.45, 2.75) is 6.04 Å². The highest BCUT2D eigenvalue weighted by Crippen LogP contribution is 2.42. The molecule has 5 rings (SSSR count). The number of aliphatic hydroxyl groups is 1. The summed E-state index contributed by atoms with van der Waals surface area (Å²) in [5.41, 5.74) is 0.611. The molecule has 1 aliphatic heterocycles.